The van der Waals surface area contributed by atoms with Crippen LogP contribution in [-0.4, -0.2) is 48.1 Å². The van der Waals surface area contributed by atoms with Gasteiger partial charge in [0.2, 0.25) is 5.41 Å². The van der Waals surface area contributed by atoms with Gasteiger partial charge in [-0.25, -0.2) is 23.2 Å². The fraction of sp³-hybridized carbons (Fsp3) is 0.294. The number of carbonyl (C=O) groups excluding carboxylic acids is 2. The summed E-state index contributed by atoms with van der Waals surface area (Å²) >= 11 is 0. The van der Waals surface area contributed by atoms with Crippen molar-refractivity contribution in [1.29, 1.82) is 0 Å². The van der Waals surface area contributed by atoms with E-state index in [1.807, 2.05) is 0 Å². The van der Waals surface area contributed by atoms with Gasteiger partial charge in [-0.2, -0.15) is 0 Å². The van der Waals surface area contributed by atoms with Crippen molar-refractivity contribution in [3.63, 3.8) is 0 Å². The molecular weight excluding hydrogens is 385 g/mol. The van der Waals surface area contributed by atoms with Gasteiger partial charge < -0.3 is 9.84 Å². The molecule has 0 bridgehead atoms. The van der Waals surface area contributed by atoms with Gasteiger partial charge in [-0.3, -0.25) is 19.2 Å². The number of benzene rings is 1. The highest BCUT2D eigenvalue weighted by molar-refractivity contribution is 6.28. The van der Waals surface area contributed by atoms with E-state index >= 15 is 0 Å². The second-order valence-corrected chi connectivity index (χ2v) is 5.89. The van der Waals surface area contributed by atoms with Crippen LogP contribution in [-0.2, 0) is 19.2 Å². The molecule has 3 rings (SSSR count). The molecule has 1 aromatic carbocycles. The number of hydroxylamine groups is 1. The van der Waals surface area contributed by atoms with Gasteiger partial charge in [0.25, 0.3) is 0 Å². The van der Waals surface area contributed by atoms with Gasteiger partial charge in [0.1, 0.15) is 0 Å². The van der Waals surface area contributed by atoms with Crippen molar-refractivity contribution < 1.29 is 42.2 Å². The Hall–Kier alpha value is -3.21. The minimum Gasteiger partial charge on any atom is -0.480 e. The molecule has 1 unspecified atom stereocenters. The Labute approximate surface area is 155 Å². The molecule has 0 aliphatic carbocycles. The molecule has 1 atom stereocenters. The van der Waals surface area contributed by atoms with E-state index in [1.54, 1.807) is 0 Å². The molecule has 0 fully saturated rings. The Morgan fingerprint density at radius 2 is 1.96 bits per heavy atom. The lowest BCUT2D eigenvalue weighted by Crippen LogP contribution is -2.58. The summed E-state index contributed by atoms with van der Waals surface area (Å²) in [7, 11) is 1.12. The van der Waals surface area contributed by atoms with E-state index < -0.39 is 58.1 Å². The number of Topliss-reactive ketones (excluding diaryl/α,β-unsaturated/α-hetero) is 1. The summed E-state index contributed by atoms with van der Waals surface area (Å²) in [6, 6.07) is 1.43. The van der Waals surface area contributed by atoms with Crippen LogP contribution in [0.3, 0.4) is 0 Å². The highest BCUT2D eigenvalue weighted by Gasteiger charge is 2.60. The molecule has 1 N–H and O–H groups in total. The van der Waals surface area contributed by atoms with Crippen molar-refractivity contribution in [2.24, 2.45) is 5.41 Å². The molecule has 1 aliphatic heterocycles. The number of carboxylic acid groups (broad SMARTS) is 1. The minimum absolute atomic E-state index is 0.198. The lowest BCUT2D eigenvalue weighted by molar-refractivity contribution is -0.164. The topological polar surface area (TPSA) is 106 Å². The Morgan fingerprint density at radius 3 is 2.54 bits per heavy atom. The average molecular weight is 398 g/mol. The van der Waals surface area contributed by atoms with Gasteiger partial charge in [0.05, 0.1) is 31.3 Å². The molecule has 1 aliphatic rings. The van der Waals surface area contributed by atoms with Crippen LogP contribution in [0.4, 0.5) is 19.0 Å². The van der Waals surface area contributed by atoms with E-state index in [0.717, 1.165) is 18.2 Å². The first-order valence-electron chi connectivity index (χ1n) is 7.94. The van der Waals surface area contributed by atoms with Crippen molar-refractivity contribution in [2.45, 2.75) is 6.92 Å². The zero-order valence-corrected chi connectivity index (χ0v) is 14.6. The summed E-state index contributed by atoms with van der Waals surface area (Å²) in [5, 5.41) is 9.89. The smallest absolute Gasteiger partial charge is 0.333 e. The predicted octanol–water partition coefficient (Wildman–Crippen LogP) is 1.85. The lowest BCUT2D eigenvalue weighted by Gasteiger charge is -2.36. The molecule has 0 amide bonds. The first-order valence-corrected chi connectivity index (χ1v) is 7.94. The number of carbonyl (C=O) groups is 3. The van der Waals surface area contributed by atoms with Crippen LogP contribution < -0.4 is 5.06 Å². The van der Waals surface area contributed by atoms with E-state index in [2.05, 4.69) is 4.98 Å². The maximum absolute atomic E-state index is 14.1. The van der Waals surface area contributed by atoms with Crippen LogP contribution in [0.5, 0.6) is 0 Å². The Morgan fingerprint density at radius 1 is 1.29 bits per heavy atom. The molecule has 0 saturated carbocycles. The summed E-state index contributed by atoms with van der Waals surface area (Å²) in [5.41, 5.74) is -3.55. The van der Waals surface area contributed by atoms with Crippen LogP contribution in [0.1, 0.15) is 17.3 Å². The van der Waals surface area contributed by atoms with E-state index in [0.29, 0.717) is 6.07 Å². The maximum Gasteiger partial charge on any atom is 0.333 e. The number of fused-ring (bicyclic) bond motifs is 2. The zero-order valence-electron chi connectivity index (χ0n) is 14.6. The van der Waals surface area contributed by atoms with Crippen molar-refractivity contribution in [2.75, 3.05) is 25.3 Å². The van der Waals surface area contributed by atoms with E-state index in [4.69, 9.17) is 9.57 Å². The summed E-state index contributed by atoms with van der Waals surface area (Å²) in [6.07, 6.45) is 0. The number of esters is 1. The number of aromatic nitrogens is 1. The zero-order chi connectivity index (χ0) is 20.8. The van der Waals surface area contributed by atoms with Crippen LogP contribution in [0.25, 0.3) is 10.9 Å². The molecule has 2 aromatic rings. The monoisotopic (exact) mass is 398 g/mol. The Kier molecular flexibility index (Phi) is 4.71. The number of aliphatic carboxylic acids is 1. The molecule has 0 spiro atoms. The molecule has 28 heavy (non-hydrogen) atoms. The number of ketones is 1. The molecule has 148 valence electrons. The number of halogens is 3. The second kappa shape index (κ2) is 6.75. The standard InChI is InChI=1S/C17H13F3N2O6/c1-3-28-16(26)17(15(24)25)6-22(27-2)14-8(13(17)23)4-7-10(21-14)5-9(18)12(20)11(7)19/h4-5H,3,6H2,1-2H3,(H,24,25). The van der Waals surface area contributed by atoms with E-state index in [9.17, 15) is 32.7 Å². The fourth-order valence-electron chi connectivity index (χ4n) is 2.97. The number of anilines is 1. The van der Waals surface area contributed by atoms with Crippen molar-refractivity contribution in [3.8, 4) is 0 Å². The number of hydrogen-bond donors (Lipinski definition) is 1. The summed E-state index contributed by atoms with van der Waals surface area (Å²) in [4.78, 5) is 46.1. The number of pyridine rings is 1. The largest absolute Gasteiger partial charge is 0.480 e. The van der Waals surface area contributed by atoms with Gasteiger partial charge in [0.15, 0.2) is 29.1 Å². The Bertz CT molecular complexity index is 1030. The first-order chi connectivity index (χ1) is 13.2. The predicted molar refractivity (Wildman–Crippen MR) is 87.0 cm³/mol. The molecule has 0 saturated heterocycles. The average Bonchev–Trinajstić information content (AvgIpc) is 2.66. The fourth-order valence-corrected chi connectivity index (χ4v) is 2.97. The first kappa shape index (κ1) is 19.5. The minimum atomic E-state index is -2.70. The van der Waals surface area contributed by atoms with Gasteiger partial charge in [-0.1, -0.05) is 0 Å². The SMILES string of the molecule is CCOC(=O)C1(C(=O)O)CN(OC)c2nc3cc(F)c(F)c(F)c3cc2C1=O. The van der Waals surface area contributed by atoms with Gasteiger partial charge in [-0.05, 0) is 13.0 Å². The normalized spacial score (nSPS) is 18.9. The Balaban J connectivity index is 2.33. The summed E-state index contributed by atoms with van der Waals surface area (Å²) < 4.78 is 46.0. The number of carboxylic acids is 1. The highest BCUT2D eigenvalue weighted by Crippen LogP contribution is 2.39. The third-order valence-electron chi connectivity index (χ3n) is 4.39. The lowest BCUT2D eigenvalue weighted by atomic mass is 9.77. The van der Waals surface area contributed by atoms with Gasteiger partial charge >= 0.3 is 11.9 Å². The van der Waals surface area contributed by atoms with Crippen LogP contribution >= 0.6 is 0 Å². The number of rotatable bonds is 4. The van der Waals surface area contributed by atoms with Gasteiger partial charge in [0, 0.05) is 11.5 Å². The maximum atomic E-state index is 14.1. The number of nitrogens with zero attached hydrogens (tertiary/aromatic N) is 2. The van der Waals surface area contributed by atoms with Crippen LogP contribution in [0.15, 0.2) is 12.1 Å². The second-order valence-electron chi connectivity index (χ2n) is 5.89. The number of ether oxygens (including phenoxy) is 1. The molecular formula is C17H13F3N2O6. The van der Waals surface area contributed by atoms with Crippen molar-refractivity contribution in [1.82, 2.24) is 4.98 Å². The van der Waals surface area contributed by atoms with Crippen LogP contribution in [0, 0.1) is 22.9 Å². The number of hydrogen-bond acceptors (Lipinski definition) is 7. The molecule has 0 radical (unpaired) electrons. The molecule has 2 heterocycles. The molecule has 1 aromatic heterocycles. The third kappa shape index (κ3) is 2.58. The molecule has 11 heteroatoms. The van der Waals surface area contributed by atoms with E-state index in [-0.39, 0.29) is 17.9 Å². The molecule has 8 nitrogen and oxygen atoms in total. The third-order valence-corrected chi connectivity index (χ3v) is 4.39. The highest BCUT2D eigenvalue weighted by atomic mass is 19.2. The van der Waals surface area contributed by atoms with Crippen molar-refractivity contribution in [3.05, 3.63) is 35.1 Å². The summed E-state index contributed by atoms with van der Waals surface area (Å²) in [6.45, 7) is 0.439. The quantitative estimate of drug-likeness (QED) is 0.473. The van der Waals surface area contributed by atoms with Gasteiger partial charge in [-0.15, -0.1) is 0 Å². The summed E-state index contributed by atoms with van der Waals surface area (Å²) in [5.74, 6) is -9.54. The van der Waals surface area contributed by atoms with Crippen molar-refractivity contribution >= 4 is 34.4 Å². The van der Waals surface area contributed by atoms with E-state index in [1.165, 1.54) is 6.92 Å². The van der Waals surface area contributed by atoms with Crippen LogP contribution in [0.2, 0.25) is 0 Å².